The van der Waals surface area contributed by atoms with E-state index >= 15 is 0 Å². The van der Waals surface area contributed by atoms with E-state index in [2.05, 4.69) is 30.1 Å². The summed E-state index contributed by atoms with van der Waals surface area (Å²) < 4.78 is 7.29. The van der Waals surface area contributed by atoms with Gasteiger partial charge >= 0.3 is 0 Å². The van der Waals surface area contributed by atoms with Crippen molar-refractivity contribution >= 4 is 16.8 Å². The van der Waals surface area contributed by atoms with E-state index in [1.807, 2.05) is 59.4 Å². The molecule has 1 aromatic heterocycles. The van der Waals surface area contributed by atoms with Gasteiger partial charge in [-0.1, -0.05) is 24.3 Å². The minimum Gasteiger partial charge on any atom is -0.497 e. The van der Waals surface area contributed by atoms with Crippen LogP contribution in [0, 0.1) is 6.92 Å². The first-order valence-electron chi connectivity index (χ1n) is 9.34. The first-order valence-corrected chi connectivity index (χ1v) is 9.34. The van der Waals surface area contributed by atoms with Crippen LogP contribution in [0.2, 0.25) is 0 Å². The Balaban J connectivity index is 1.54. The fourth-order valence-electron chi connectivity index (χ4n) is 3.40. The maximum atomic E-state index is 12.7. The molecule has 0 atom stereocenters. The Bertz CT molecular complexity index is 1140. The number of hydrogen-bond acceptors (Lipinski definition) is 3. The standard InChI is InChI=1S/C24H22N2O2/c1-17-5-3-7-20(13-17)26-16-25-22-15-19(10-11-23(22)26)24(27)12-9-18-6-4-8-21(14-18)28-2/h3-8,10-11,13-16H,9,12H2,1-2H3. The van der Waals surface area contributed by atoms with Crippen LogP contribution in [0.5, 0.6) is 5.75 Å². The van der Waals surface area contributed by atoms with Crippen LogP contribution in [0.4, 0.5) is 0 Å². The van der Waals surface area contributed by atoms with Gasteiger partial charge in [0.15, 0.2) is 5.78 Å². The third-order valence-corrected chi connectivity index (χ3v) is 4.92. The zero-order chi connectivity index (χ0) is 19.5. The molecule has 0 amide bonds. The van der Waals surface area contributed by atoms with Crippen LogP contribution >= 0.6 is 0 Å². The number of hydrogen-bond donors (Lipinski definition) is 0. The molecule has 28 heavy (non-hydrogen) atoms. The van der Waals surface area contributed by atoms with E-state index in [1.54, 1.807) is 7.11 Å². The molecule has 1 heterocycles. The number of nitrogens with zero attached hydrogens (tertiary/aromatic N) is 2. The quantitative estimate of drug-likeness (QED) is 0.441. The van der Waals surface area contributed by atoms with Crippen molar-refractivity contribution < 1.29 is 9.53 Å². The summed E-state index contributed by atoms with van der Waals surface area (Å²) in [5, 5.41) is 0. The van der Waals surface area contributed by atoms with Crippen LogP contribution in [0.3, 0.4) is 0 Å². The molecular weight excluding hydrogens is 348 g/mol. The molecule has 0 aliphatic carbocycles. The minimum absolute atomic E-state index is 0.120. The number of imidazole rings is 1. The summed E-state index contributed by atoms with van der Waals surface area (Å²) >= 11 is 0. The molecule has 0 aliphatic heterocycles. The van der Waals surface area contributed by atoms with E-state index in [-0.39, 0.29) is 5.78 Å². The second-order valence-electron chi connectivity index (χ2n) is 6.93. The van der Waals surface area contributed by atoms with Gasteiger partial charge in [-0.05, 0) is 66.9 Å². The van der Waals surface area contributed by atoms with Crippen LogP contribution in [0.1, 0.15) is 27.9 Å². The van der Waals surface area contributed by atoms with Gasteiger partial charge in [0.1, 0.15) is 12.1 Å². The molecule has 140 valence electrons. The highest BCUT2D eigenvalue weighted by Gasteiger charge is 2.11. The molecule has 4 nitrogen and oxygen atoms in total. The number of carbonyl (C=O) groups excluding carboxylic acids is 1. The third-order valence-electron chi connectivity index (χ3n) is 4.92. The lowest BCUT2D eigenvalue weighted by Gasteiger charge is -2.06. The fourth-order valence-corrected chi connectivity index (χ4v) is 3.40. The smallest absolute Gasteiger partial charge is 0.163 e. The average Bonchev–Trinajstić information content (AvgIpc) is 3.15. The van der Waals surface area contributed by atoms with Gasteiger partial charge in [-0.25, -0.2) is 4.98 Å². The van der Waals surface area contributed by atoms with E-state index in [4.69, 9.17) is 4.74 Å². The van der Waals surface area contributed by atoms with E-state index < -0.39 is 0 Å². The average molecular weight is 370 g/mol. The SMILES string of the molecule is COc1cccc(CCC(=O)c2ccc3c(c2)ncn3-c2cccc(C)c2)c1. The van der Waals surface area contributed by atoms with Gasteiger partial charge in [-0.2, -0.15) is 0 Å². The molecule has 0 unspecified atom stereocenters. The summed E-state index contributed by atoms with van der Waals surface area (Å²) in [6.07, 6.45) is 2.95. The molecule has 3 aromatic carbocycles. The van der Waals surface area contributed by atoms with Crippen molar-refractivity contribution in [2.75, 3.05) is 7.11 Å². The van der Waals surface area contributed by atoms with Crippen molar-refractivity contribution in [2.24, 2.45) is 0 Å². The number of methoxy groups -OCH3 is 1. The van der Waals surface area contributed by atoms with Gasteiger partial charge in [0.05, 0.1) is 18.1 Å². The molecule has 0 bridgehead atoms. The van der Waals surface area contributed by atoms with Gasteiger partial charge in [0.2, 0.25) is 0 Å². The molecule has 0 aliphatic rings. The summed E-state index contributed by atoms with van der Waals surface area (Å²) in [6, 6.07) is 21.9. The number of ketones is 1. The molecule has 0 radical (unpaired) electrons. The lowest BCUT2D eigenvalue weighted by Crippen LogP contribution is -2.01. The number of aryl methyl sites for hydroxylation is 2. The number of fused-ring (bicyclic) bond motifs is 1. The zero-order valence-corrected chi connectivity index (χ0v) is 16.1. The Kier molecular flexibility index (Phi) is 4.94. The second kappa shape index (κ2) is 7.69. The number of rotatable bonds is 6. The van der Waals surface area contributed by atoms with Crippen molar-refractivity contribution in [3.8, 4) is 11.4 Å². The van der Waals surface area contributed by atoms with Crippen molar-refractivity contribution in [1.82, 2.24) is 9.55 Å². The zero-order valence-electron chi connectivity index (χ0n) is 16.1. The molecule has 4 heteroatoms. The minimum atomic E-state index is 0.120. The lowest BCUT2D eigenvalue weighted by atomic mass is 10.0. The Hall–Kier alpha value is -3.40. The predicted octanol–water partition coefficient (Wildman–Crippen LogP) is 5.16. The molecule has 0 saturated heterocycles. The highest BCUT2D eigenvalue weighted by molar-refractivity contribution is 5.99. The Morgan fingerprint density at radius 2 is 1.89 bits per heavy atom. The van der Waals surface area contributed by atoms with Crippen LogP contribution < -0.4 is 4.74 Å². The van der Waals surface area contributed by atoms with Crippen LogP contribution in [-0.2, 0) is 6.42 Å². The topological polar surface area (TPSA) is 44.1 Å². The predicted molar refractivity (Wildman–Crippen MR) is 111 cm³/mol. The number of Topliss-reactive ketones (excluding diaryl/α,β-unsaturated/α-hetero) is 1. The highest BCUT2D eigenvalue weighted by atomic mass is 16.5. The van der Waals surface area contributed by atoms with Crippen LogP contribution in [-0.4, -0.2) is 22.4 Å². The van der Waals surface area contributed by atoms with Gasteiger partial charge < -0.3 is 4.74 Å². The maximum absolute atomic E-state index is 12.7. The number of ether oxygens (including phenoxy) is 1. The van der Waals surface area contributed by atoms with Crippen LogP contribution in [0.15, 0.2) is 73.1 Å². The van der Waals surface area contributed by atoms with E-state index in [0.29, 0.717) is 18.4 Å². The van der Waals surface area contributed by atoms with Crippen molar-refractivity contribution in [3.05, 3.63) is 89.7 Å². The summed E-state index contributed by atoms with van der Waals surface area (Å²) in [7, 11) is 1.65. The summed E-state index contributed by atoms with van der Waals surface area (Å²) in [6.45, 7) is 2.07. The lowest BCUT2D eigenvalue weighted by molar-refractivity contribution is 0.0983. The van der Waals surface area contributed by atoms with Crippen LogP contribution in [0.25, 0.3) is 16.7 Å². The molecule has 0 N–H and O–H groups in total. The second-order valence-corrected chi connectivity index (χ2v) is 6.93. The molecule has 0 fully saturated rings. The number of carbonyl (C=O) groups is 1. The summed E-state index contributed by atoms with van der Waals surface area (Å²) in [4.78, 5) is 17.2. The third kappa shape index (κ3) is 3.67. The van der Waals surface area contributed by atoms with Gasteiger partial charge in [-0.15, -0.1) is 0 Å². The fraction of sp³-hybridized carbons (Fsp3) is 0.167. The summed E-state index contributed by atoms with van der Waals surface area (Å²) in [5.41, 5.74) is 5.88. The first kappa shape index (κ1) is 18.0. The van der Waals surface area contributed by atoms with E-state index in [0.717, 1.165) is 28.0 Å². The van der Waals surface area contributed by atoms with Gasteiger partial charge in [0.25, 0.3) is 0 Å². The number of aromatic nitrogens is 2. The molecular formula is C24H22N2O2. The first-order chi connectivity index (χ1) is 13.6. The van der Waals surface area contributed by atoms with E-state index in [9.17, 15) is 4.79 Å². The van der Waals surface area contributed by atoms with Gasteiger partial charge in [0, 0.05) is 17.7 Å². The largest absolute Gasteiger partial charge is 0.497 e. The number of benzene rings is 3. The normalized spacial score (nSPS) is 10.9. The Morgan fingerprint density at radius 3 is 2.71 bits per heavy atom. The molecule has 4 aromatic rings. The molecule has 4 rings (SSSR count). The monoisotopic (exact) mass is 370 g/mol. The summed E-state index contributed by atoms with van der Waals surface area (Å²) in [5.74, 6) is 0.933. The van der Waals surface area contributed by atoms with Crippen molar-refractivity contribution in [2.45, 2.75) is 19.8 Å². The molecule has 0 spiro atoms. The molecule has 0 saturated carbocycles. The Morgan fingerprint density at radius 1 is 1.04 bits per heavy atom. The highest BCUT2D eigenvalue weighted by Crippen LogP contribution is 2.21. The van der Waals surface area contributed by atoms with E-state index in [1.165, 1.54) is 5.56 Å². The van der Waals surface area contributed by atoms with Gasteiger partial charge in [-0.3, -0.25) is 9.36 Å². The van der Waals surface area contributed by atoms with Crippen molar-refractivity contribution in [1.29, 1.82) is 0 Å². The maximum Gasteiger partial charge on any atom is 0.163 e. The Labute approximate surface area is 164 Å². The van der Waals surface area contributed by atoms with Crippen molar-refractivity contribution in [3.63, 3.8) is 0 Å².